The average molecular weight is 237 g/mol. The molecule has 0 aliphatic heterocycles. The Balaban J connectivity index is 2.16. The minimum atomic E-state index is 0.667. The minimum Gasteiger partial charge on any atom is -0.379 e. The van der Waals surface area contributed by atoms with Crippen molar-refractivity contribution >= 4 is 5.69 Å². The van der Waals surface area contributed by atoms with Crippen LogP contribution in [0.4, 0.5) is 5.69 Å². The molecule has 3 nitrogen and oxygen atoms in total. The van der Waals surface area contributed by atoms with Crippen molar-refractivity contribution in [2.24, 2.45) is 0 Å². The predicted octanol–water partition coefficient (Wildman–Crippen LogP) is 3.18. The lowest BCUT2D eigenvalue weighted by atomic mass is 10.1. The monoisotopic (exact) mass is 237 g/mol. The highest BCUT2D eigenvalue weighted by Crippen LogP contribution is 2.17. The average Bonchev–Trinajstić information content (AvgIpc) is 2.39. The van der Waals surface area contributed by atoms with Gasteiger partial charge >= 0.3 is 0 Å². The number of nitrogens with one attached hydrogen (secondary N) is 1. The van der Waals surface area contributed by atoms with Gasteiger partial charge in [-0.05, 0) is 43.2 Å². The first kappa shape index (κ1) is 12.1. The first-order valence-electron chi connectivity index (χ1n) is 5.86. The largest absolute Gasteiger partial charge is 0.379 e. The van der Waals surface area contributed by atoms with Crippen molar-refractivity contribution in [1.29, 1.82) is 5.26 Å². The van der Waals surface area contributed by atoms with Gasteiger partial charge in [-0.2, -0.15) is 5.26 Å². The van der Waals surface area contributed by atoms with E-state index < -0.39 is 0 Å². The van der Waals surface area contributed by atoms with E-state index in [1.807, 2.05) is 44.2 Å². The number of rotatable bonds is 3. The van der Waals surface area contributed by atoms with Crippen LogP contribution in [0.2, 0.25) is 0 Å². The van der Waals surface area contributed by atoms with Gasteiger partial charge in [0.1, 0.15) is 0 Å². The summed E-state index contributed by atoms with van der Waals surface area (Å²) in [7, 11) is 0. The van der Waals surface area contributed by atoms with Gasteiger partial charge in [0.25, 0.3) is 0 Å². The molecule has 0 atom stereocenters. The Morgan fingerprint density at radius 2 is 2.06 bits per heavy atom. The van der Waals surface area contributed by atoms with Gasteiger partial charge in [0, 0.05) is 11.9 Å². The van der Waals surface area contributed by atoms with Crippen LogP contribution >= 0.6 is 0 Å². The lowest BCUT2D eigenvalue weighted by molar-refractivity contribution is 1.02. The fourth-order valence-corrected chi connectivity index (χ4v) is 1.76. The maximum atomic E-state index is 8.89. The smallest absolute Gasteiger partial charge is 0.0992 e. The second kappa shape index (κ2) is 5.33. The molecule has 18 heavy (non-hydrogen) atoms. The molecule has 2 aromatic rings. The molecule has 1 heterocycles. The molecule has 1 aromatic carbocycles. The number of anilines is 1. The molecule has 0 spiro atoms. The van der Waals surface area contributed by atoms with Gasteiger partial charge in [-0.15, -0.1) is 0 Å². The SMILES string of the molecule is Cc1ccc(C#N)cc1NCc1ncccc1C. The Kier molecular flexibility index (Phi) is 3.59. The van der Waals surface area contributed by atoms with E-state index in [0.717, 1.165) is 16.9 Å². The van der Waals surface area contributed by atoms with Gasteiger partial charge in [-0.25, -0.2) is 0 Å². The summed E-state index contributed by atoms with van der Waals surface area (Å²) in [5.74, 6) is 0. The number of nitrogens with zero attached hydrogens (tertiary/aromatic N) is 2. The fraction of sp³-hybridized carbons (Fsp3) is 0.200. The zero-order valence-electron chi connectivity index (χ0n) is 10.6. The second-order valence-electron chi connectivity index (χ2n) is 4.26. The zero-order chi connectivity index (χ0) is 13.0. The standard InChI is InChI=1S/C15H15N3/c1-11-4-3-7-17-15(11)10-18-14-8-13(9-16)6-5-12(14)2/h3-8,18H,10H2,1-2H3. The molecule has 0 fully saturated rings. The van der Waals surface area contributed by atoms with Gasteiger partial charge in [0.2, 0.25) is 0 Å². The first-order valence-corrected chi connectivity index (χ1v) is 5.86. The van der Waals surface area contributed by atoms with Crippen LogP contribution in [0.1, 0.15) is 22.4 Å². The number of aromatic nitrogens is 1. The molecule has 2 rings (SSSR count). The third-order valence-electron chi connectivity index (χ3n) is 2.93. The number of hydrogen-bond donors (Lipinski definition) is 1. The lowest BCUT2D eigenvalue weighted by Crippen LogP contribution is -2.04. The summed E-state index contributed by atoms with van der Waals surface area (Å²) >= 11 is 0. The van der Waals surface area contributed by atoms with Crippen molar-refractivity contribution in [3.8, 4) is 6.07 Å². The molecule has 0 aliphatic rings. The normalized spacial score (nSPS) is 9.83. The van der Waals surface area contributed by atoms with Gasteiger partial charge in [0.15, 0.2) is 0 Å². The summed E-state index contributed by atoms with van der Waals surface area (Å²) < 4.78 is 0. The molecule has 1 aromatic heterocycles. The van der Waals surface area contributed by atoms with E-state index in [-0.39, 0.29) is 0 Å². The highest BCUT2D eigenvalue weighted by Gasteiger charge is 2.02. The molecular formula is C15H15N3. The zero-order valence-corrected chi connectivity index (χ0v) is 10.6. The summed E-state index contributed by atoms with van der Waals surface area (Å²) in [5.41, 5.74) is 4.97. The molecule has 0 unspecified atom stereocenters. The highest BCUT2D eigenvalue weighted by molar-refractivity contribution is 5.55. The lowest BCUT2D eigenvalue weighted by Gasteiger charge is -2.10. The van der Waals surface area contributed by atoms with Crippen LogP contribution in [0.5, 0.6) is 0 Å². The van der Waals surface area contributed by atoms with E-state index in [0.29, 0.717) is 12.1 Å². The molecule has 0 saturated heterocycles. The molecule has 0 radical (unpaired) electrons. The molecular weight excluding hydrogens is 222 g/mol. The summed E-state index contributed by atoms with van der Waals surface area (Å²) in [6.45, 7) is 4.74. The van der Waals surface area contributed by atoms with Crippen molar-refractivity contribution in [3.63, 3.8) is 0 Å². The van der Waals surface area contributed by atoms with Crippen LogP contribution in [0, 0.1) is 25.2 Å². The number of hydrogen-bond acceptors (Lipinski definition) is 3. The summed E-state index contributed by atoms with van der Waals surface area (Å²) in [6.07, 6.45) is 1.79. The summed E-state index contributed by atoms with van der Waals surface area (Å²) in [5, 5.41) is 12.2. The fourth-order valence-electron chi connectivity index (χ4n) is 1.76. The van der Waals surface area contributed by atoms with Crippen LogP contribution < -0.4 is 5.32 Å². The van der Waals surface area contributed by atoms with Crippen LogP contribution in [0.3, 0.4) is 0 Å². The van der Waals surface area contributed by atoms with Crippen LogP contribution in [0.25, 0.3) is 0 Å². The van der Waals surface area contributed by atoms with E-state index in [4.69, 9.17) is 5.26 Å². The van der Waals surface area contributed by atoms with Crippen molar-refractivity contribution in [2.45, 2.75) is 20.4 Å². The number of benzene rings is 1. The second-order valence-corrected chi connectivity index (χ2v) is 4.26. The summed E-state index contributed by atoms with van der Waals surface area (Å²) in [4.78, 5) is 4.34. The Bertz CT molecular complexity index is 597. The van der Waals surface area contributed by atoms with Gasteiger partial charge < -0.3 is 5.32 Å². The molecule has 3 heteroatoms. The van der Waals surface area contributed by atoms with Gasteiger partial charge in [0.05, 0.1) is 23.9 Å². The molecule has 1 N–H and O–H groups in total. The van der Waals surface area contributed by atoms with E-state index in [9.17, 15) is 0 Å². The third-order valence-corrected chi connectivity index (χ3v) is 2.93. The number of aryl methyl sites for hydroxylation is 2. The number of nitriles is 1. The summed E-state index contributed by atoms with van der Waals surface area (Å²) in [6, 6.07) is 11.8. The molecule has 0 aliphatic carbocycles. The minimum absolute atomic E-state index is 0.667. The molecule has 90 valence electrons. The van der Waals surface area contributed by atoms with Gasteiger partial charge in [-0.3, -0.25) is 4.98 Å². The Hall–Kier alpha value is -2.34. The third kappa shape index (κ3) is 2.67. The van der Waals surface area contributed by atoms with E-state index in [1.165, 1.54) is 5.56 Å². The predicted molar refractivity (Wildman–Crippen MR) is 72.2 cm³/mol. The first-order chi connectivity index (χ1) is 8.70. The molecule has 0 saturated carbocycles. The number of pyridine rings is 1. The van der Waals surface area contributed by atoms with Crippen molar-refractivity contribution in [3.05, 3.63) is 58.9 Å². The van der Waals surface area contributed by atoms with Gasteiger partial charge in [-0.1, -0.05) is 12.1 Å². The van der Waals surface area contributed by atoms with E-state index in [2.05, 4.69) is 16.4 Å². The Morgan fingerprint density at radius 3 is 2.78 bits per heavy atom. The topological polar surface area (TPSA) is 48.7 Å². The van der Waals surface area contributed by atoms with Crippen molar-refractivity contribution in [1.82, 2.24) is 4.98 Å². The maximum absolute atomic E-state index is 8.89. The van der Waals surface area contributed by atoms with Crippen molar-refractivity contribution < 1.29 is 0 Å². The molecule has 0 bridgehead atoms. The van der Waals surface area contributed by atoms with Crippen LogP contribution in [-0.4, -0.2) is 4.98 Å². The van der Waals surface area contributed by atoms with Crippen molar-refractivity contribution in [2.75, 3.05) is 5.32 Å². The van der Waals surface area contributed by atoms with E-state index in [1.54, 1.807) is 6.20 Å². The highest BCUT2D eigenvalue weighted by atomic mass is 14.9. The Morgan fingerprint density at radius 1 is 1.22 bits per heavy atom. The maximum Gasteiger partial charge on any atom is 0.0992 e. The van der Waals surface area contributed by atoms with E-state index >= 15 is 0 Å². The molecule has 0 amide bonds. The Labute approximate surface area is 107 Å². The quantitative estimate of drug-likeness (QED) is 0.891. The van der Waals surface area contributed by atoms with Crippen LogP contribution in [-0.2, 0) is 6.54 Å². The van der Waals surface area contributed by atoms with Crippen LogP contribution in [0.15, 0.2) is 36.5 Å².